The highest BCUT2D eigenvalue weighted by Gasteiger charge is 2.39. The molecule has 1 saturated carbocycles. The van der Waals surface area contributed by atoms with Gasteiger partial charge < -0.3 is 4.90 Å². The fourth-order valence-electron chi connectivity index (χ4n) is 2.06. The van der Waals surface area contributed by atoms with Crippen LogP contribution in [0.5, 0.6) is 0 Å². The van der Waals surface area contributed by atoms with E-state index in [0.717, 1.165) is 12.8 Å². The number of hydrogen-bond donors (Lipinski definition) is 0. The van der Waals surface area contributed by atoms with Gasteiger partial charge in [0, 0.05) is 29.2 Å². The Labute approximate surface area is 121 Å². The molecular weight excluding hydrogens is 341 g/mol. The van der Waals surface area contributed by atoms with Gasteiger partial charge in [-0.25, -0.2) is 0 Å². The minimum atomic E-state index is -4.30. The molecule has 1 aromatic rings. The summed E-state index contributed by atoms with van der Waals surface area (Å²) >= 11 is 3.18. The molecule has 0 aliphatic heterocycles. The van der Waals surface area contributed by atoms with Gasteiger partial charge in [0.25, 0.3) is 5.69 Å². The first-order valence-corrected chi connectivity index (χ1v) is 7.10. The van der Waals surface area contributed by atoms with Gasteiger partial charge in [0.05, 0.1) is 4.92 Å². The van der Waals surface area contributed by atoms with E-state index in [-0.39, 0.29) is 17.1 Å². The van der Waals surface area contributed by atoms with Crippen molar-refractivity contribution in [2.45, 2.75) is 30.4 Å². The number of nitrogens with zero attached hydrogens (tertiary/aromatic N) is 2. The fraction of sp³-hybridized carbons (Fsp3) is 0.500. The Morgan fingerprint density at radius 3 is 2.50 bits per heavy atom. The van der Waals surface area contributed by atoms with E-state index in [4.69, 9.17) is 0 Å². The molecule has 20 heavy (non-hydrogen) atoms. The van der Waals surface area contributed by atoms with E-state index in [0.29, 0.717) is 11.3 Å². The Kier molecular flexibility index (Phi) is 4.22. The van der Waals surface area contributed by atoms with Crippen LogP contribution in [0.1, 0.15) is 18.4 Å². The van der Waals surface area contributed by atoms with Crippen molar-refractivity contribution in [3.8, 4) is 0 Å². The number of alkyl halides is 4. The van der Waals surface area contributed by atoms with Gasteiger partial charge in [0.15, 0.2) is 0 Å². The normalized spacial score (nSPS) is 15.2. The molecule has 4 nitrogen and oxygen atoms in total. The van der Waals surface area contributed by atoms with Gasteiger partial charge in [-0.3, -0.25) is 10.1 Å². The van der Waals surface area contributed by atoms with Gasteiger partial charge >= 0.3 is 6.18 Å². The topological polar surface area (TPSA) is 46.4 Å². The van der Waals surface area contributed by atoms with E-state index in [1.54, 1.807) is 0 Å². The van der Waals surface area contributed by atoms with E-state index < -0.39 is 17.6 Å². The van der Waals surface area contributed by atoms with Gasteiger partial charge in [-0.05, 0) is 24.5 Å². The molecule has 0 N–H and O–H groups in total. The predicted molar refractivity (Wildman–Crippen MR) is 72.2 cm³/mol. The number of benzene rings is 1. The second-order valence-corrected chi connectivity index (χ2v) is 5.24. The van der Waals surface area contributed by atoms with Crippen molar-refractivity contribution in [2.75, 3.05) is 11.4 Å². The maximum atomic E-state index is 12.7. The molecule has 0 aromatic heterocycles. The van der Waals surface area contributed by atoms with Crippen LogP contribution in [0, 0.1) is 10.1 Å². The van der Waals surface area contributed by atoms with Crippen LogP contribution >= 0.6 is 15.9 Å². The molecule has 0 spiro atoms. The Bertz CT molecular complexity index is 518. The zero-order valence-electron chi connectivity index (χ0n) is 10.4. The first-order chi connectivity index (χ1) is 9.31. The minimum Gasteiger partial charge on any atom is -0.359 e. The summed E-state index contributed by atoms with van der Waals surface area (Å²) in [7, 11) is 0. The van der Waals surface area contributed by atoms with Crippen LogP contribution in [0.25, 0.3) is 0 Å². The number of non-ortho nitro benzene ring substituents is 1. The second kappa shape index (κ2) is 5.59. The Morgan fingerprint density at radius 1 is 1.40 bits per heavy atom. The number of hydrogen-bond acceptors (Lipinski definition) is 3. The van der Waals surface area contributed by atoms with E-state index in [2.05, 4.69) is 15.9 Å². The van der Waals surface area contributed by atoms with E-state index in [1.165, 1.54) is 23.1 Å². The lowest BCUT2D eigenvalue weighted by molar-refractivity contribution is -0.384. The zero-order chi connectivity index (χ0) is 14.9. The Hall–Kier alpha value is -1.31. The summed E-state index contributed by atoms with van der Waals surface area (Å²) in [6.45, 7) is -1.03. The first kappa shape index (κ1) is 15.1. The highest BCUT2D eigenvalue weighted by atomic mass is 79.9. The molecule has 0 bridgehead atoms. The van der Waals surface area contributed by atoms with Crippen molar-refractivity contribution in [2.24, 2.45) is 0 Å². The summed E-state index contributed by atoms with van der Waals surface area (Å²) in [6.07, 6.45) is -2.86. The van der Waals surface area contributed by atoms with Gasteiger partial charge in [-0.1, -0.05) is 15.9 Å². The van der Waals surface area contributed by atoms with Crippen LogP contribution in [0.2, 0.25) is 0 Å². The molecule has 110 valence electrons. The largest absolute Gasteiger partial charge is 0.405 e. The number of nitro groups is 1. The van der Waals surface area contributed by atoms with Crippen molar-refractivity contribution in [1.29, 1.82) is 0 Å². The molecule has 0 saturated heterocycles. The predicted octanol–water partition coefficient (Wildman–Crippen LogP) is 4.02. The Morgan fingerprint density at radius 2 is 2.05 bits per heavy atom. The van der Waals surface area contributed by atoms with E-state index in [9.17, 15) is 23.3 Å². The third-order valence-electron chi connectivity index (χ3n) is 3.06. The van der Waals surface area contributed by atoms with Crippen molar-refractivity contribution >= 4 is 27.3 Å². The SMILES string of the molecule is O=[N+]([O-])c1ccc(N(CC(F)(F)F)C2CC2)c(CBr)c1. The quantitative estimate of drug-likeness (QED) is 0.456. The van der Waals surface area contributed by atoms with E-state index in [1.807, 2.05) is 0 Å². The molecule has 1 aromatic carbocycles. The molecule has 0 atom stereocenters. The highest BCUT2D eigenvalue weighted by Crippen LogP contribution is 2.37. The lowest BCUT2D eigenvalue weighted by atomic mass is 10.1. The Balaban J connectivity index is 2.35. The van der Waals surface area contributed by atoms with Crippen LogP contribution in [0.4, 0.5) is 24.5 Å². The third kappa shape index (κ3) is 3.62. The van der Waals surface area contributed by atoms with Crippen LogP contribution in [-0.4, -0.2) is 23.7 Å². The van der Waals surface area contributed by atoms with Gasteiger partial charge in [0.1, 0.15) is 6.54 Å². The number of halogens is 4. The monoisotopic (exact) mass is 352 g/mol. The highest BCUT2D eigenvalue weighted by molar-refractivity contribution is 9.08. The fourth-order valence-corrected chi connectivity index (χ4v) is 2.51. The summed E-state index contributed by atoms with van der Waals surface area (Å²) in [4.78, 5) is 11.5. The van der Waals surface area contributed by atoms with Gasteiger partial charge in [0.2, 0.25) is 0 Å². The maximum absolute atomic E-state index is 12.7. The summed E-state index contributed by atoms with van der Waals surface area (Å²) in [6, 6.07) is 3.83. The lowest BCUT2D eigenvalue weighted by Gasteiger charge is -2.27. The van der Waals surface area contributed by atoms with Crippen molar-refractivity contribution < 1.29 is 18.1 Å². The standard InChI is InChI=1S/C12H12BrF3N2O2/c13-6-8-5-10(18(19)20)3-4-11(8)17(9-1-2-9)7-12(14,15)16/h3-5,9H,1-2,6-7H2. The lowest BCUT2D eigenvalue weighted by Crippen LogP contribution is -2.36. The van der Waals surface area contributed by atoms with Crippen LogP contribution < -0.4 is 4.90 Å². The van der Waals surface area contributed by atoms with Crippen LogP contribution in [0.15, 0.2) is 18.2 Å². The first-order valence-electron chi connectivity index (χ1n) is 5.98. The molecule has 0 heterocycles. The van der Waals surface area contributed by atoms with Gasteiger partial charge in [-0.2, -0.15) is 13.2 Å². The molecule has 8 heteroatoms. The molecule has 2 rings (SSSR count). The molecule has 1 aliphatic rings. The minimum absolute atomic E-state index is 0.119. The summed E-state index contributed by atoms with van der Waals surface area (Å²) < 4.78 is 38.0. The summed E-state index contributed by atoms with van der Waals surface area (Å²) in [5, 5.41) is 11.0. The molecule has 0 radical (unpaired) electrons. The second-order valence-electron chi connectivity index (χ2n) is 4.68. The molecule has 0 amide bonds. The van der Waals surface area contributed by atoms with Crippen LogP contribution in [-0.2, 0) is 5.33 Å². The van der Waals surface area contributed by atoms with Crippen molar-refractivity contribution in [1.82, 2.24) is 0 Å². The molecule has 0 unspecified atom stereocenters. The average Bonchev–Trinajstić information content (AvgIpc) is 3.18. The molecule has 1 fully saturated rings. The summed E-state index contributed by atoms with van der Waals surface area (Å²) in [5.74, 6) is 0. The van der Waals surface area contributed by atoms with Crippen molar-refractivity contribution in [3.63, 3.8) is 0 Å². The molecular formula is C12H12BrF3N2O2. The third-order valence-corrected chi connectivity index (χ3v) is 3.67. The number of rotatable bonds is 5. The number of nitro benzene ring substituents is 1. The van der Waals surface area contributed by atoms with Crippen molar-refractivity contribution in [3.05, 3.63) is 33.9 Å². The zero-order valence-corrected chi connectivity index (χ0v) is 11.9. The van der Waals surface area contributed by atoms with Gasteiger partial charge in [-0.15, -0.1) is 0 Å². The smallest absolute Gasteiger partial charge is 0.359 e. The molecule has 1 aliphatic carbocycles. The number of anilines is 1. The van der Waals surface area contributed by atoms with E-state index >= 15 is 0 Å². The maximum Gasteiger partial charge on any atom is 0.405 e. The summed E-state index contributed by atoms with van der Waals surface area (Å²) in [5.41, 5.74) is 0.786. The average molecular weight is 353 g/mol. The van der Waals surface area contributed by atoms with Crippen LogP contribution in [0.3, 0.4) is 0 Å².